The monoisotopic (exact) mass is 276 g/mol. The molecule has 2 amide bonds. The molecule has 108 valence electrons. The fraction of sp³-hybridized carbons (Fsp3) is 0.400. The zero-order valence-electron chi connectivity index (χ0n) is 11.8. The molecule has 1 atom stereocenters. The fourth-order valence-electron chi connectivity index (χ4n) is 1.77. The highest BCUT2D eigenvalue weighted by molar-refractivity contribution is 5.97. The van der Waals surface area contributed by atoms with E-state index < -0.39 is 11.8 Å². The Morgan fingerprint density at radius 3 is 2.35 bits per heavy atom. The Bertz CT molecular complexity index is 494. The molecule has 0 aliphatic carbocycles. The van der Waals surface area contributed by atoms with Crippen molar-refractivity contribution in [1.82, 2.24) is 5.32 Å². The summed E-state index contributed by atoms with van der Waals surface area (Å²) in [4.78, 5) is 33.6. The third-order valence-corrected chi connectivity index (χ3v) is 3.01. The lowest BCUT2D eigenvalue weighted by Crippen LogP contribution is -2.34. The van der Waals surface area contributed by atoms with Crippen LogP contribution in [-0.2, 0) is 20.8 Å². The molecule has 0 aromatic heterocycles. The van der Waals surface area contributed by atoms with Gasteiger partial charge in [-0.3, -0.25) is 14.4 Å². The van der Waals surface area contributed by atoms with Crippen LogP contribution in [0.25, 0.3) is 0 Å². The molecule has 1 aromatic rings. The second-order valence-corrected chi connectivity index (χ2v) is 4.98. The molecule has 0 spiro atoms. The highest BCUT2D eigenvalue weighted by Crippen LogP contribution is 2.10. The van der Waals surface area contributed by atoms with Gasteiger partial charge in [0.1, 0.15) is 6.42 Å². The van der Waals surface area contributed by atoms with Crippen LogP contribution < -0.4 is 11.1 Å². The van der Waals surface area contributed by atoms with Gasteiger partial charge in [-0.1, -0.05) is 36.8 Å². The molecule has 0 unspecified atom stereocenters. The molecular weight excluding hydrogens is 256 g/mol. The summed E-state index contributed by atoms with van der Waals surface area (Å²) < 4.78 is 0. The van der Waals surface area contributed by atoms with Crippen molar-refractivity contribution >= 4 is 17.6 Å². The smallest absolute Gasteiger partial charge is 0.229 e. The van der Waals surface area contributed by atoms with Gasteiger partial charge in [-0.2, -0.15) is 0 Å². The number of carbonyl (C=O) groups excluding carboxylic acids is 3. The Hall–Kier alpha value is -2.17. The molecule has 0 saturated heterocycles. The summed E-state index contributed by atoms with van der Waals surface area (Å²) in [7, 11) is 0. The van der Waals surface area contributed by atoms with Crippen LogP contribution in [0.3, 0.4) is 0 Å². The van der Waals surface area contributed by atoms with Crippen molar-refractivity contribution in [2.75, 3.05) is 6.54 Å². The number of nitrogens with two attached hydrogens (primary N) is 1. The molecule has 0 fully saturated rings. The first kappa shape index (κ1) is 15.9. The average Bonchev–Trinajstić information content (AvgIpc) is 2.37. The van der Waals surface area contributed by atoms with E-state index in [1.165, 1.54) is 5.56 Å². The number of amides is 2. The highest BCUT2D eigenvalue weighted by atomic mass is 16.2. The van der Waals surface area contributed by atoms with Crippen molar-refractivity contribution in [2.24, 2.45) is 11.7 Å². The van der Waals surface area contributed by atoms with Crippen molar-refractivity contribution < 1.29 is 14.4 Å². The second-order valence-electron chi connectivity index (χ2n) is 4.98. The van der Waals surface area contributed by atoms with E-state index in [1.807, 2.05) is 38.1 Å². The minimum atomic E-state index is -0.706. The van der Waals surface area contributed by atoms with Gasteiger partial charge in [0.05, 0.1) is 6.54 Å². The summed E-state index contributed by atoms with van der Waals surface area (Å²) in [6.45, 7) is 3.76. The number of hydrogen-bond acceptors (Lipinski definition) is 3. The number of nitrogens with one attached hydrogen (secondary N) is 1. The molecule has 1 aromatic carbocycles. The Morgan fingerprint density at radius 2 is 1.80 bits per heavy atom. The molecule has 0 aliphatic rings. The first-order valence-electron chi connectivity index (χ1n) is 6.51. The fourth-order valence-corrected chi connectivity index (χ4v) is 1.77. The van der Waals surface area contributed by atoms with Gasteiger partial charge in [0.15, 0.2) is 5.78 Å². The van der Waals surface area contributed by atoms with E-state index in [9.17, 15) is 14.4 Å². The topological polar surface area (TPSA) is 89.3 Å². The first-order chi connectivity index (χ1) is 9.38. The Balaban J connectivity index is 2.41. The summed E-state index contributed by atoms with van der Waals surface area (Å²) in [5.41, 5.74) is 7.15. The van der Waals surface area contributed by atoms with E-state index in [0.717, 1.165) is 5.56 Å². The summed E-state index contributed by atoms with van der Waals surface area (Å²) in [5.74, 6) is -1.48. The molecule has 0 heterocycles. The number of rotatable bonds is 7. The van der Waals surface area contributed by atoms with Crippen molar-refractivity contribution in [3.8, 4) is 0 Å². The van der Waals surface area contributed by atoms with Gasteiger partial charge in [-0.25, -0.2) is 0 Å². The van der Waals surface area contributed by atoms with E-state index in [-0.39, 0.29) is 24.7 Å². The Kier molecular flexibility index (Phi) is 5.90. The largest absolute Gasteiger partial charge is 0.369 e. The van der Waals surface area contributed by atoms with E-state index in [0.29, 0.717) is 6.42 Å². The van der Waals surface area contributed by atoms with Gasteiger partial charge in [0.2, 0.25) is 11.8 Å². The molecule has 0 aliphatic heterocycles. The van der Waals surface area contributed by atoms with Gasteiger partial charge < -0.3 is 11.1 Å². The van der Waals surface area contributed by atoms with Crippen LogP contribution in [0.15, 0.2) is 24.3 Å². The van der Waals surface area contributed by atoms with Crippen molar-refractivity contribution in [3.05, 3.63) is 35.4 Å². The standard InChI is InChI=1S/C15H20N2O3/c1-10-3-5-12(6-4-10)7-11(2)13(18)9-17-15(20)8-14(16)19/h3-6,11H,7-9H2,1-2H3,(H2,16,19)(H,17,20)/t11-/m0/s1. The summed E-state index contributed by atoms with van der Waals surface area (Å²) >= 11 is 0. The van der Waals surface area contributed by atoms with Crippen LogP contribution >= 0.6 is 0 Å². The zero-order chi connectivity index (χ0) is 15.1. The number of Topliss-reactive ketones (excluding diaryl/α,β-unsaturated/α-hetero) is 1. The van der Waals surface area contributed by atoms with E-state index >= 15 is 0 Å². The van der Waals surface area contributed by atoms with Crippen LogP contribution in [0.1, 0.15) is 24.5 Å². The van der Waals surface area contributed by atoms with E-state index in [2.05, 4.69) is 5.32 Å². The predicted molar refractivity (Wildman–Crippen MR) is 75.9 cm³/mol. The normalized spacial score (nSPS) is 11.7. The third kappa shape index (κ3) is 5.65. The summed E-state index contributed by atoms with van der Waals surface area (Å²) in [6, 6.07) is 7.98. The maximum absolute atomic E-state index is 11.9. The Labute approximate surface area is 118 Å². The first-order valence-corrected chi connectivity index (χ1v) is 6.51. The van der Waals surface area contributed by atoms with Gasteiger partial charge in [0.25, 0.3) is 0 Å². The van der Waals surface area contributed by atoms with Gasteiger partial charge >= 0.3 is 0 Å². The lowest BCUT2D eigenvalue weighted by Gasteiger charge is -2.11. The van der Waals surface area contributed by atoms with E-state index in [4.69, 9.17) is 5.73 Å². The number of benzene rings is 1. The number of ketones is 1. The van der Waals surface area contributed by atoms with E-state index in [1.54, 1.807) is 0 Å². The molecule has 1 rings (SSSR count). The molecular formula is C15H20N2O3. The van der Waals surface area contributed by atoms with Crippen molar-refractivity contribution in [2.45, 2.75) is 26.7 Å². The molecule has 0 radical (unpaired) electrons. The molecule has 20 heavy (non-hydrogen) atoms. The number of primary amides is 1. The van der Waals surface area contributed by atoms with Gasteiger partial charge in [0, 0.05) is 5.92 Å². The van der Waals surface area contributed by atoms with Crippen LogP contribution in [0, 0.1) is 12.8 Å². The highest BCUT2D eigenvalue weighted by Gasteiger charge is 2.15. The zero-order valence-corrected chi connectivity index (χ0v) is 11.8. The molecule has 3 N–H and O–H groups in total. The van der Waals surface area contributed by atoms with Gasteiger partial charge in [-0.05, 0) is 18.9 Å². The molecule has 5 nitrogen and oxygen atoms in total. The lowest BCUT2D eigenvalue weighted by molar-refractivity contribution is -0.130. The van der Waals surface area contributed by atoms with Crippen LogP contribution in [0.4, 0.5) is 0 Å². The number of hydrogen-bond donors (Lipinski definition) is 2. The maximum atomic E-state index is 11.9. The Morgan fingerprint density at radius 1 is 1.20 bits per heavy atom. The van der Waals surface area contributed by atoms with Crippen molar-refractivity contribution in [1.29, 1.82) is 0 Å². The molecule has 0 saturated carbocycles. The number of aryl methyl sites for hydroxylation is 1. The quantitative estimate of drug-likeness (QED) is 0.720. The lowest BCUT2D eigenvalue weighted by atomic mass is 9.96. The maximum Gasteiger partial charge on any atom is 0.229 e. The third-order valence-electron chi connectivity index (χ3n) is 3.01. The summed E-state index contributed by atoms with van der Waals surface area (Å²) in [6.07, 6.45) is 0.241. The minimum Gasteiger partial charge on any atom is -0.369 e. The minimum absolute atomic E-state index is 0.0663. The van der Waals surface area contributed by atoms with Crippen LogP contribution in [0.2, 0.25) is 0 Å². The van der Waals surface area contributed by atoms with Crippen molar-refractivity contribution in [3.63, 3.8) is 0 Å². The molecule has 0 bridgehead atoms. The second kappa shape index (κ2) is 7.43. The number of carbonyl (C=O) groups is 3. The average molecular weight is 276 g/mol. The van der Waals surface area contributed by atoms with Crippen LogP contribution in [-0.4, -0.2) is 24.1 Å². The SMILES string of the molecule is Cc1ccc(C[C@H](C)C(=O)CNC(=O)CC(N)=O)cc1. The summed E-state index contributed by atoms with van der Waals surface area (Å²) in [5, 5.41) is 2.40. The molecule has 5 heteroatoms. The van der Waals surface area contributed by atoms with Gasteiger partial charge in [-0.15, -0.1) is 0 Å². The predicted octanol–water partition coefficient (Wildman–Crippen LogP) is 0.734. The van der Waals surface area contributed by atoms with Crippen LogP contribution in [0.5, 0.6) is 0 Å².